The van der Waals surface area contributed by atoms with Crippen molar-refractivity contribution in [3.63, 3.8) is 0 Å². The summed E-state index contributed by atoms with van der Waals surface area (Å²) in [6, 6.07) is 14.7. The third-order valence-corrected chi connectivity index (χ3v) is 2.99. The van der Waals surface area contributed by atoms with Gasteiger partial charge in [0, 0.05) is 0 Å². The van der Waals surface area contributed by atoms with E-state index in [1.54, 1.807) is 12.1 Å². The van der Waals surface area contributed by atoms with E-state index in [1.165, 1.54) is 0 Å². The molecule has 0 aliphatic heterocycles. The Morgan fingerprint density at radius 3 is 2.76 bits per heavy atom. The van der Waals surface area contributed by atoms with Gasteiger partial charge in [0.15, 0.2) is 0 Å². The van der Waals surface area contributed by atoms with Crippen molar-refractivity contribution in [2.75, 3.05) is 5.43 Å². The monoisotopic (exact) mass is 282 g/mol. The van der Waals surface area contributed by atoms with Crippen molar-refractivity contribution < 1.29 is 9.84 Å². The second kappa shape index (κ2) is 5.74. The average molecular weight is 282 g/mol. The Morgan fingerprint density at radius 2 is 1.95 bits per heavy atom. The van der Waals surface area contributed by atoms with Gasteiger partial charge in [0.05, 0.1) is 17.5 Å². The summed E-state index contributed by atoms with van der Waals surface area (Å²) in [5.41, 5.74) is 3.92. The van der Waals surface area contributed by atoms with Crippen molar-refractivity contribution in [1.29, 1.82) is 0 Å². The van der Waals surface area contributed by atoms with Crippen LogP contribution < -0.4 is 16.0 Å². The number of ether oxygens (including phenoxy) is 1. The van der Waals surface area contributed by atoms with Gasteiger partial charge in [-0.05, 0) is 29.8 Å². The Bertz CT molecular complexity index is 776. The normalized spacial score (nSPS) is 10.6. The summed E-state index contributed by atoms with van der Waals surface area (Å²) in [5, 5.41) is 9.96. The molecule has 21 heavy (non-hydrogen) atoms. The highest BCUT2D eigenvalue weighted by Gasteiger charge is 2.09. The minimum Gasteiger partial charge on any atom is -0.438 e. The quantitative estimate of drug-likeness (QED) is 0.502. The van der Waals surface area contributed by atoms with E-state index in [0.717, 1.165) is 16.5 Å². The van der Waals surface area contributed by atoms with Crippen LogP contribution in [0.15, 0.2) is 48.5 Å². The number of para-hydroxylation sites is 1. The van der Waals surface area contributed by atoms with Gasteiger partial charge in [-0.2, -0.15) is 4.98 Å². The molecule has 6 nitrogen and oxygen atoms in total. The molecule has 0 amide bonds. The van der Waals surface area contributed by atoms with Crippen LogP contribution in [0.25, 0.3) is 10.9 Å². The number of hydrogen-bond donors (Lipinski definition) is 3. The largest absolute Gasteiger partial charge is 0.438 e. The zero-order chi connectivity index (χ0) is 14.7. The molecule has 6 heteroatoms. The zero-order valence-electron chi connectivity index (χ0n) is 11.2. The molecule has 0 radical (unpaired) electrons. The van der Waals surface area contributed by atoms with Gasteiger partial charge < -0.3 is 9.84 Å². The van der Waals surface area contributed by atoms with Gasteiger partial charge in [0.25, 0.3) is 0 Å². The Balaban J connectivity index is 2.06. The van der Waals surface area contributed by atoms with Crippen molar-refractivity contribution in [3.8, 4) is 11.6 Å². The average Bonchev–Trinajstić information content (AvgIpc) is 2.55. The van der Waals surface area contributed by atoms with Gasteiger partial charge in [-0.25, -0.2) is 10.8 Å². The van der Waals surface area contributed by atoms with Crippen LogP contribution in [0.1, 0.15) is 5.56 Å². The molecule has 0 aliphatic carbocycles. The number of aromatic nitrogens is 2. The number of anilines is 1. The Morgan fingerprint density at radius 1 is 1.10 bits per heavy atom. The smallest absolute Gasteiger partial charge is 0.241 e. The maximum absolute atomic E-state index is 9.17. The fourth-order valence-corrected chi connectivity index (χ4v) is 2.01. The maximum Gasteiger partial charge on any atom is 0.241 e. The predicted octanol–water partition coefficient (Wildman–Crippen LogP) is 2.20. The molecular weight excluding hydrogens is 268 g/mol. The van der Waals surface area contributed by atoms with Crippen LogP contribution in [-0.4, -0.2) is 15.1 Å². The highest BCUT2D eigenvalue weighted by molar-refractivity contribution is 5.84. The van der Waals surface area contributed by atoms with Crippen LogP contribution in [0.4, 0.5) is 5.95 Å². The number of nitrogens with one attached hydrogen (secondary N) is 1. The second-order valence-corrected chi connectivity index (χ2v) is 4.42. The summed E-state index contributed by atoms with van der Waals surface area (Å²) in [5.74, 6) is 6.66. The Labute approximate surface area is 121 Å². The highest BCUT2D eigenvalue weighted by Crippen LogP contribution is 2.28. The van der Waals surface area contributed by atoms with Gasteiger partial charge >= 0.3 is 0 Å². The topological polar surface area (TPSA) is 93.3 Å². The first kappa shape index (κ1) is 13.3. The number of hydrazine groups is 1. The summed E-state index contributed by atoms with van der Waals surface area (Å²) in [6.07, 6.45) is 0. The molecule has 0 saturated carbocycles. The molecule has 0 saturated heterocycles. The van der Waals surface area contributed by atoms with Crippen LogP contribution in [0, 0.1) is 0 Å². The van der Waals surface area contributed by atoms with E-state index >= 15 is 0 Å². The van der Waals surface area contributed by atoms with Gasteiger partial charge in [-0.1, -0.05) is 24.3 Å². The van der Waals surface area contributed by atoms with Gasteiger partial charge in [-0.15, -0.1) is 0 Å². The highest BCUT2D eigenvalue weighted by atomic mass is 16.5. The molecule has 0 unspecified atom stereocenters. The molecule has 106 valence electrons. The van der Waals surface area contributed by atoms with E-state index in [4.69, 9.17) is 10.6 Å². The summed E-state index contributed by atoms with van der Waals surface area (Å²) in [4.78, 5) is 8.50. The molecule has 0 bridgehead atoms. The van der Waals surface area contributed by atoms with Crippen molar-refractivity contribution in [2.24, 2.45) is 5.84 Å². The number of nitrogen functional groups attached to an aromatic ring is 1. The van der Waals surface area contributed by atoms with Gasteiger partial charge in [0.1, 0.15) is 5.75 Å². The van der Waals surface area contributed by atoms with Crippen LogP contribution in [0.5, 0.6) is 11.6 Å². The number of fused-ring (bicyclic) bond motifs is 1. The number of aliphatic hydroxyl groups is 1. The van der Waals surface area contributed by atoms with Crippen LogP contribution in [-0.2, 0) is 6.61 Å². The minimum atomic E-state index is -0.0443. The van der Waals surface area contributed by atoms with E-state index in [2.05, 4.69) is 15.4 Å². The lowest BCUT2D eigenvalue weighted by Crippen LogP contribution is -2.11. The molecule has 1 aromatic heterocycles. The number of hydrogen-bond acceptors (Lipinski definition) is 6. The first-order valence-electron chi connectivity index (χ1n) is 6.41. The predicted molar refractivity (Wildman–Crippen MR) is 79.8 cm³/mol. The molecule has 3 rings (SSSR count). The third-order valence-electron chi connectivity index (χ3n) is 2.99. The van der Waals surface area contributed by atoms with Crippen molar-refractivity contribution >= 4 is 16.9 Å². The molecule has 2 aromatic carbocycles. The fraction of sp³-hybridized carbons (Fsp3) is 0.0667. The molecule has 0 atom stereocenters. The first-order chi connectivity index (χ1) is 10.3. The number of aliphatic hydroxyl groups excluding tert-OH is 1. The van der Waals surface area contributed by atoms with Crippen molar-refractivity contribution in [2.45, 2.75) is 6.61 Å². The van der Waals surface area contributed by atoms with Crippen LogP contribution >= 0.6 is 0 Å². The standard InChI is InChI=1S/C15H14N4O2/c16-19-15-17-13-7-2-1-6-12(13)14(18-15)21-11-5-3-4-10(8-11)9-20/h1-8,20H,9,16H2,(H,17,18,19). The van der Waals surface area contributed by atoms with E-state index in [-0.39, 0.29) is 12.6 Å². The summed E-state index contributed by atoms with van der Waals surface area (Å²) in [6.45, 7) is -0.0443. The van der Waals surface area contributed by atoms with Gasteiger partial charge in [0.2, 0.25) is 11.8 Å². The molecule has 4 N–H and O–H groups in total. The third kappa shape index (κ3) is 2.76. The number of benzene rings is 2. The first-order valence-corrected chi connectivity index (χ1v) is 6.41. The molecule has 3 aromatic rings. The zero-order valence-corrected chi connectivity index (χ0v) is 11.2. The lowest BCUT2D eigenvalue weighted by atomic mass is 10.2. The Hall–Kier alpha value is -2.70. The lowest BCUT2D eigenvalue weighted by Gasteiger charge is -2.10. The van der Waals surface area contributed by atoms with Crippen molar-refractivity contribution in [3.05, 3.63) is 54.1 Å². The number of nitrogens with zero attached hydrogens (tertiary/aromatic N) is 2. The van der Waals surface area contributed by atoms with E-state index in [9.17, 15) is 5.11 Å². The maximum atomic E-state index is 9.17. The second-order valence-electron chi connectivity index (χ2n) is 4.42. The van der Waals surface area contributed by atoms with Gasteiger partial charge in [-0.3, -0.25) is 5.43 Å². The summed E-state index contributed by atoms with van der Waals surface area (Å²) < 4.78 is 5.82. The number of nitrogens with two attached hydrogens (primary N) is 1. The molecule has 0 spiro atoms. The van der Waals surface area contributed by atoms with Crippen molar-refractivity contribution in [1.82, 2.24) is 9.97 Å². The molecule has 0 fully saturated rings. The Kier molecular flexibility index (Phi) is 3.63. The lowest BCUT2D eigenvalue weighted by molar-refractivity contribution is 0.281. The van der Waals surface area contributed by atoms with Crippen LogP contribution in [0.3, 0.4) is 0 Å². The van der Waals surface area contributed by atoms with E-state index in [0.29, 0.717) is 11.6 Å². The fourth-order valence-electron chi connectivity index (χ4n) is 2.01. The molecular formula is C15H14N4O2. The minimum absolute atomic E-state index is 0.0443. The van der Waals surface area contributed by atoms with E-state index in [1.807, 2.05) is 36.4 Å². The van der Waals surface area contributed by atoms with Crippen LogP contribution in [0.2, 0.25) is 0 Å². The number of rotatable bonds is 4. The summed E-state index contributed by atoms with van der Waals surface area (Å²) in [7, 11) is 0. The molecule has 0 aliphatic rings. The van der Waals surface area contributed by atoms with E-state index < -0.39 is 0 Å². The molecule has 1 heterocycles. The SMILES string of the molecule is NNc1nc(Oc2cccc(CO)c2)c2ccccc2n1. The summed E-state index contributed by atoms with van der Waals surface area (Å²) >= 11 is 0.